The van der Waals surface area contributed by atoms with Gasteiger partial charge in [0.15, 0.2) is 0 Å². The maximum atomic E-state index is 8.77. The van der Waals surface area contributed by atoms with Crippen LogP contribution in [0.25, 0.3) is 0 Å². The quantitative estimate of drug-likeness (QED) is 0.591. The molecule has 4 heteroatoms. The van der Waals surface area contributed by atoms with Gasteiger partial charge < -0.3 is 14.7 Å². The first-order valence-corrected chi connectivity index (χ1v) is 8.31. The summed E-state index contributed by atoms with van der Waals surface area (Å²) < 4.78 is 4.84. The van der Waals surface area contributed by atoms with E-state index < -0.39 is 7.32 Å². The van der Waals surface area contributed by atoms with Crippen molar-refractivity contribution in [2.24, 2.45) is 5.92 Å². The van der Waals surface area contributed by atoms with E-state index in [-0.39, 0.29) is 0 Å². The number of hydrogen-bond acceptors (Lipinski definition) is 3. The van der Waals surface area contributed by atoms with Gasteiger partial charge in [0.2, 0.25) is 0 Å². The van der Waals surface area contributed by atoms with Crippen LogP contribution < -0.4 is 4.65 Å². The minimum absolute atomic E-state index is 0.502. The highest BCUT2D eigenvalue weighted by Gasteiger charge is 2.22. The van der Waals surface area contributed by atoms with E-state index in [0.717, 1.165) is 5.92 Å². The summed E-state index contributed by atoms with van der Waals surface area (Å²) in [4.78, 5) is 0. The van der Waals surface area contributed by atoms with Crippen molar-refractivity contribution in [3.63, 3.8) is 0 Å². The average Bonchev–Trinajstić information content (AvgIpc) is 2.49. The molecule has 0 atom stereocenters. The molecular formula is C17H27BO3. The first kappa shape index (κ1) is 16.4. The fraction of sp³-hybridized carbons (Fsp3) is 0.647. The van der Waals surface area contributed by atoms with Crippen LogP contribution in [-0.4, -0.2) is 17.4 Å². The van der Waals surface area contributed by atoms with Gasteiger partial charge in [0.25, 0.3) is 0 Å². The second-order valence-electron chi connectivity index (χ2n) is 6.23. The lowest BCUT2D eigenvalue weighted by Crippen LogP contribution is -2.20. The minimum atomic E-state index is -1.74. The van der Waals surface area contributed by atoms with E-state index >= 15 is 0 Å². The van der Waals surface area contributed by atoms with Crippen LogP contribution in [0.5, 0.6) is 5.75 Å². The SMILES string of the molecule is CCCCCC1CCC(c2ccc(OB(O)O)cc2)CC1. The van der Waals surface area contributed by atoms with E-state index in [1.54, 1.807) is 0 Å². The maximum Gasteiger partial charge on any atom is 0.707 e. The van der Waals surface area contributed by atoms with Gasteiger partial charge in [0.1, 0.15) is 5.75 Å². The first-order valence-electron chi connectivity index (χ1n) is 8.31. The molecule has 1 aromatic carbocycles. The van der Waals surface area contributed by atoms with Crippen molar-refractivity contribution in [3.8, 4) is 5.75 Å². The molecule has 2 N–H and O–H groups in total. The summed E-state index contributed by atoms with van der Waals surface area (Å²) in [6.07, 6.45) is 10.7. The van der Waals surface area contributed by atoms with E-state index in [2.05, 4.69) is 19.1 Å². The fourth-order valence-corrected chi connectivity index (χ4v) is 3.41. The Morgan fingerprint density at radius 2 is 1.71 bits per heavy atom. The van der Waals surface area contributed by atoms with Crippen LogP contribution in [0.3, 0.4) is 0 Å². The van der Waals surface area contributed by atoms with Gasteiger partial charge >= 0.3 is 7.32 Å². The molecular weight excluding hydrogens is 263 g/mol. The number of hydrogen-bond donors (Lipinski definition) is 2. The van der Waals surface area contributed by atoms with Crippen molar-refractivity contribution in [2.75, 3.05) is 0 Å². The van der Waals surface area contributed by atoms with Crippen LogP contribution >= 0.6 is 0 Å². The molecule has 2 rings (SSSR count). The van der Waals surface area contributed by atoms with Gasteiger partial charge in [0.05, 0.1) is 0 Å². The van der Waals surface area contributed by atoms with Crippen LogP contribution in [0.15, 0.2) is 24.3 Å². The molecule has 0 aliphatic heterocycles. The van der Waals surface area contributed by atoms with Gasteiger partial charge in [-0.1, -0.05) is 44.7 Å². The van der Waals surface area contributed by atoms with Crippen LogP contribution in [-0.2, 0) is 0 Å². The zero-order valence-corrected chi connectivity index (χ0v) is 13.0. The monoisotopic (exact) mass is 290 g/mol. The maximum absolute atomic E-state index is 8.77. The van der Waals surface area contributed by atoms with Crippen molar-refractivity contribution in [1.29, 1.82) is 0 Å². The molecule has 1 aliphatic rings. The molecule has 21 heavy (non-hydrogen) atoms. The van der Waals surface area contributed by atoms with Crippen LogP contribution in [0.1, 0.15) is 69.8 Å². The molecule has 1 aromatic rings. The first-order chi connectivity index (χ1) is 10.2. The molecule has 0 bridgehead atoms. The third-order valence-corrected chi connectivity index (χ3v) is 4.66. The topological polar surface area (TPSA) is 49.7 Å². The lowest BCUT2D eigenvalue weighted by Gasteiger charge is -2.29. The average molecular weight is 290 g/mol. The molecule has 0 unspecified atom stereocenters. The molecule has 0 heterocycles. The van der Waals surface area contributed by atoms with E-state index in [1.165, 1.54) is 56.9 Å². The Hall–Kier alpha value is -0.995. The Kier molecular flexibility index (Phi) is 6.59. The molecule has 116 valence electrons. The molecule has 0 saturated heterocycles. The molecule has 0 spiro atoms. The lowest BCUT2D eigenvalue weighted by molar-refractivity contribution is 0.287. The van der Waals surface area contributed by atoms with Crippen molar-refractivity contribution >= 4 is 7.32 Å². The second-order valence-corrected chi connectivity index (χ2v) is 6.23. The summed E-state index contributed by atoms with van der Waals surface area (Å²) >= 11 is 0. The Bertz CT molecular complexity index is 397. The molecule has 3 nitrogen and oxygen atoms in total. The van der Waals surface area contributed by atoms with Crippen molar-refractivity contribution in [2.45, 2.75) is 64.2 Å². The van der Waals surface area contributed by atoms with Gasteiger partial charge in [0, 0.05) is 0 Å². The largest absolute Gasteiger partial charge is 0.707 e. The van der Waals surface area contributed by atoms with Crippen molar-refractivity contribution < 1.29 is 14.7 Å². The van der Waals surface area contributed by atoms with Gasteiger partial charge in [-0.2, -0.15) is 0 Å². The van der Waals surface area contributed by atoms with Crippen LogP contribution in [0, 0.1) is 5.92 Å². The fourth-order valence-electron chi connectivity index (χ4n) is 3.41. The number of unbranched alkanes of at least 4 members (excludes halogenated alkanes) is 2. The summed E-state index contributed by atoms with van der Waals surface area (Å²) in [6, 6.07) is 7.75. The van der Waals surface area contributed by atoms with Crippen molar-refractivity contribution in [1.82, 2.24) is 0 Å². The third-order valence-electron chi connectivity index (χ3n) is 4.66. The number of benzene rings is 1. The molecule has 1 aliphatic carbocycles. The predicted molar refractivity (Wildman–Crippen MR) is 86.1 cm³/mol. The Morgan fingerprint density at radius 1 is 1.05 bits per heavy atom. The highest BCUT2D eigenvalue weighted by atomic mass is 16.6. The van der Waals surface area contributed by atoms with Gasteiger partial charge in [-0.25, -0.2) is 0 Å². The van der Waals surface area contributed by atoms with E-state index in [0.29, 0.717) is 11.7 Å². The minimum Gasteiger partial charge on any atom is -0.512 e. The Morgan fingerprint density at radius 3 is 2.29 bits per heavy atom. The molecule has 0 aromatic heterocycles. The van der Waals surface area contributed by atoms with Crippen molar-refractivity contribution in [3.05, 3.63) is 29.8 Å². The van der Waals surface area contributed by atoms with E-state index in [9.17, 15) is 0 Å². The zero-order chi connectivity index (χ0) is 15.1. The smallest absolute Gasteiger partial charge is 0.512 e. The summed E-state index contributed by atoms with van der Waals surface area (Å²) in [5.41, 5.74) is 1.35. The van der Waals surface area contributed by atoms with Gasteiger partial charge in [-0.3, -0.25) is 0 Å². The summed E-state index contributed by atoms with van der Waals surface area (Å²) in [6.45, 7) is 2.26. The van der Waals surface area contributed by atoms with Crippen LogP contribution in [0.4, 0.5) is 0 Å². The molecule has 0 amide bonds. The predicted octanol–water partition coefficient (Wildman–Crippen LogP) is 3.89. The van der Waals surface area contributed by atoms with Gasteiger partial charge in [-0.05, 0) is 55.2 Å². The number of rotatable bonds is 7. The zero-order valence-electron chi connectivity index (χ0n) is 13.0. The molecule has 1 fully saturated rings. The Balaban J connectivity index is 1.79. The molecule has 1 saturated carbocycles. The summed E-state index contributed by atoms with van der Waals surface area (Å²) in [7, 11) is -1.74. The lowest BCUT2D eigenvalue weighted by atomic mass is 9.77. The normalized spacial score (nSPS) is 22.0. The van der Waals surface area contributed by atoms with E-state index in [1.807, 2.05) is 12.1 Å². The molecule has 0 radical (unpaired) electrons. The highest BCUT2D eigenvalue weighted by molar-refractivity contribution is 6.33. The standard InChI is InChI=1S/C17H27BO3/c1-2-3-4-5-14-6-8-15(9-7-14)16-10-12-17(13-11-16)21-18(19)20/h10-15,19-20H,2-9H2,1H3. The Labute approximate surface area is 128 Å². The van der Waals surface area contributed by atoms with Gasteiger partial charge in [-0.15, -0.1) is 0 Å². The van der Waals surface area contributed by atoms with Crippen LogP contribution in [0.2, 0.25) is 0 Å². The summed E-state index contributed by atoms with van der Waals surface area (Å²) in [5.74, 6) is 2.09. The highest BCUT2D eigenvalue weighted by Crippen LogP contribution is 2.38. The van der Waals surface area contributed by atoms with E-state index in [4.69, 9.17) is 14.7 Å². The summed E-state index contributed by atoms with van der Waals surface area (Å²) in [5, 5.41) is 17.5. The third kappa shape index (κ3) is 5.37. The second kappa shape index (κ2) is 8.45.